The molecule has 6 N–H and O–H groups in total. The summed E-state index contributed by atoms with van der Waals surface area (Å²) in [5.41, 5.74) is 5.41. The van der Waals surface area contributed by atoms with E-state index in [0.29, 0.717) is 12.8 Å². The Labute approximate surface area is 153 Å². The molecular formula is C14H22N5O7P. The number of unbranched alkanes of at least 4 members (excludes halogenated alkanes) is 1. The largest absolute Gasteiger partial charge is 0.481 e. The lowest BCUT2D eigenvalue weighted by Crippen LogP contribution is -2.22. The van der Waals surface area contributed by atoms with E-state index < -0.39 is 31.2 Å². The van der Waals surface area contributed by atoms with Gasteiger partial charge in [0.15, 0.2) is 11.2 Å². The number of nitrogens with zero attached hydrogens (tertiary/aromatic N) is 3. The SMILES string of the molecule is Nc1nc2c(ncn2C[C@H](O)COCCCCP(=O)(O)CC(=O)O)c(=O)[nH]1. The third kappa shape index (κ3) is 6.43. The number of carboxylic acids is 1. The van der Waals surface area contributed by atoms with Gasteiger partial charge in [-0.15, -0.1) is 0 Å². The molecule has 0 spiro atoms. The Hall–Kier alpha value is -2.27. The van der Waals surface area contributed by atoms with Crippen molar-refractivity contribution < 1.29 is 29.2 Å². The molecule has 0 saturated heterocycles. The number of aromatic amines is 1. The van der Waals surface area contributed by atoms with E-state index in [1.54, 1.807) is 0 Å². The Morgan fingerprint density at radius 3 is 2.89 bits per heavy atom. The second-order valence-electron chi connectivity index (χ2n) is 6.08. The van der Waals surface area contributed by atoms with Crippen molar-refractivity contribution in [2.45, 2.75) is 25.5 Å². The summed E-state index contributed by atoms with van der Waals surface area (Å²) in [5.74, 6) is -1.35. The Morgan fingerprint density at radius 2 is 2.19 bits per heavy atom. The quantitative estimate of drug-likeness (QED) is 0.234. The summed E-state index contributed by atoms with van der Waals surface area (Å²) in [5, 5.41) is 18.6. The summed E-state index contributed by atoms with van der Waals surface area (Å²) < 4.78 is 18.3. The molecule has 0 amide bonds. The van der Waals surface area contributed by atoms with Crippen LogP contribution < -0.4 is 11.3 Å². The smallest absolute Gasteiger partial charge is 0.313 e. The van der Waals surface area contributed by atoms with E-state index in [0.717, 1.165) is 0 Å². The van der Waals surface area contributed by atoms with Crippen LogP contribution in [-0.2, 0) is 20.6 Å². The molecule has 2 aromatic heterocycles. The summed E-state index contributed by atoms with van der Waals surface area (Å²) in [7, 11) is -3.65. The van der Waals surface area contributed by atoms with Crippen molar-refractivity contribution in [1.29, 1.82) is 0 Å². The molecule has 12 nitrogen and oxygen atoms in total. The minimum Gasteiger partial charge on any atom is -0.481 e. The maximum Gasteiger partial charge on any atom is 0.313 e. The number of imidazole rings is 1. The molecule has 0 saturated carbocycles. The summed E-state index contributed by atoms with van der Waals surface area (Å²) in [6.45, 7) is 0.348. The number of fused-ring (bicyclic) bond motifs is 1. The van der Waals surface area contributed by atoms with Gasteiger partial charge in [0.05, 0.1) is 25.6 Å². The van der Waals surface area contributed by atoms with Gasteiger partial charge in [-0.1, -0.05) is 0 Å². The molecule has 13 heteroatoms. The molecule has 0 aliphatic carbocycles. The molecule has 27 heavy (non-hydrogen) atoms. The molecule has 0 aromatic carbocycles. The maximum atomic E-state index is 11.7. The van der Waals surface area contributed by atoms with Gasteiger partial charge in [-0.05, 0) is 12.8 Å². The van der Waals surface area contributed by atoms with Gasteiger partial charge in [0.25, 0.3) is 5.56 Å². The topological polar surface area (TPSA) is 194 Å². The van der Waals surface area contributed by atoms with Gasteiger partial charge in [0, 0.05) is 12.8 Å². The molecule has 2 atom stereocenters. The number of hydrogen-bond acceptors (Lipinski definition) is 8. The summed E-state index contributed by atoms with van der Waals surface area (Å²) in [4.78, 5) is 41.8. The zero-order valence-electron chi connectivity index (χ0n) is 14.4. The standard InChI is InChI=1S/C14H22N5O7P/c15-14-17-12-11(13(23)18-14)16-8-19(12)5-9(20)6-26-3-1-2-4-27(24,25)7-10(21)22/h8-9,20H,1-7H2,(H,21,22)(H,24,25)(H3,15,17,18,23)/t9-/m0/s1. The van der Waals surface area contributed by atoms with Crippen LogP contribution in [-0.4, -0.2) is 72.2 Å². The van der Waals surface area contributed by atoms with Gasteiger partial charge >= 0.3 is 5.97 Å². The average Bonchev–Trinajstić information content (AvgIpc) is 2.92. The van der Waals surface area contributed by atoms with Crippen LogP contribution in [0.3, 0.4) is 0 Å². The second-order valence-corrected chi connectivity index (χ2v) is 8.53. The van der Waals surface area contributed by atoms with Crippen LogP contribution in [0.2, 0.25) is 0 Å². The minimum absolute atomic E-state index is 0.00422. The summed E-state index contributed by atoms with van der Waals surface area (Å²) in [6.07, 6.45) is 0.450. The number of carboxylic acid groups (broad SMARTS) is 1. The predicted molar refractivity (Wildman–Crippen MR) is 95.8 cm³/mol. The number of rotatable bonds is 11. The fraction of sp³-hybridized carbons (Fsp3) is 0.571. The molecule has 0 aliphatic rings. The number of aromatic nitrogens is 4. The zero-order chi connectivity index (χ0) is 20.0. The van der Waals surface area contributed by atoms with Crippen molar-refractivity contribution in [1.82, 2.24) is 19.5 Å². The van der Waals surface area contributed by atoms with Crippen LogP contribution in [0.15, 0.2) is 11.1 Å². The number of hydrogen-bond donors (Lipinski definition) is 5. The fourth-order valence-corrected chi connectivity index (χ4v) is 3.76. The Bertz CT molecular complexity index is 896. The van der Waals surface area contributed by atoms with Crippen molar-refractivity contribution in [3.8, 4) is 0 Å². The molecule has 0 aliphatic heterocycles. The Morgan fingerprint density at radius 1 is 1.44 bits per heavy atom. The number of nitrogen functional groups attached to an aromatic ring is 1. The first-order valence-corrected chi connectivity index (χ1v) is 10.2. The third-order valence-corrected chi connectivity index (χ3v) is 5.42. The number of aliphatic carboxylic acids is 1. The van der Waals surface area contributed by atoms with E-state index in [-0.39, 0.29) is 43.0 Å². The number of carbonyl (C=O) groups is 1. The lowest BCUT2D eigenvalue weighted by Gasteiger charge is -2.13. The van der Waals surface area contributed by atoms with E-state index in [1.807, 2.05) is 0 Å². The normalized spacial score (nSPS) is 14.9. The highest BCUT2D eigenvalue weighted by Crippen LogP contribution is 2.40. The first kappa shape index (κ1) is 21.0. The van der Waals surface area contributed by atoms with Gasteiger partial charge in [0.1, 0.15) is 6.16 Å². The van der Waals surface area contributed by atoms with Crippen molar-refractivity contribution in [3.63, 3.8) is 0 Å². The molecule has 0 fully saturated rings. The van der Waals surface area contributed by atoms with Gasteiger partial charge < -0.3 is 30.1 Å². The van der Waals surface area contributed by atoms with E-state index in [1.165, 1.54) is 10.9 Å². The lowest BCUT2D eigenvalue weighted by molar-refractivity contribution is -0.134. The zero-order valence-corrected chi connectivity index (χ0v) is 15.3. The van der Waals surface area contributed by atoms with Gasteiger partial charge in [-0.3, -0.25) is 19.1 Å². The van der Waals surface area contributed by atoms with Gasteiger partial charge in [-0.2, -0.15) is 4.98 Å². The third-order valence-electron chi connectivity index (χ3n) is 3.64. The average molecular weight is 403 g/mol. The minimum atomic E-state index is -3.65. The lowest BCUT2D eigenvalue weighted by atomic mass is 10.3. The monoisotopic (exact) mass is 403 g/mol. The Balaban J connectivity index is 1.73. The molecule has 2 aromatic rings. The molecule has 2 heterocycles. The highest BCUT2D eigenvalue weighted by Gasteiger charge is 2.21. The summed E-state index contributed by atoms with van der Waals surface area (Å²) >= 11 is 0. The molecule has 2 rings (SSSR count). The van der Waals surface area contributed by atoms with Crippen molar-refractivity contribution in [2.75, 3.05) is 31.3 Å². The van der Waals surface area contributed by atoms with E-state index in [9.17, 15) is 24.2 Å². The molecule has 0 radical (unpaired) electrons. The van der Waals surface area contributed by atoms with Crippen molar-refractivity contribution in [3.05, 3.63) is 16.7 Å². The number of anilines is 1. The maximum absolute atomic E-state index is 11.7. The van der Waals surface area contributed by atoms with Crippen molar-refractivity contribution in [2.24, 2.45) is 0 Å². The van der Waals surface area contributed by atoms with Crippen LogP contribution >= 0.6 is 7.37 Å². The van der Waals surface area contributed by atoms with E-state index in [4.69, 9.17) is 15.6 Å². The summed E-state index contributed by atoms with van der Waals surface area (Å²) in [6, 6.07) is 0. The molecule has 1 unspecified atom stereocenters. The molecular weight excluding hydrogens is 381 g/mol. The molecule has 0 bridgehead atoms. The highest BCUT2D eigenvalue weighted by molar-refractivity contribution is 7.58. The molecule has 150 valence electrons. The Kier molecular flexibility index (Phi) is 7.08. The number of nitrogens with two attached hydrogens (primary N) is 1. The number of H-pyrrole nitrogens is 1. The first-order chi connectivity index (χ1) is 12.7. The van der Waals surface area contributed by atoms with Gasteiger partial charge in [0.2, 0.25) is 13.3 Å². The first-order valence-electron chi connectivity index (χ1n) is 8.17. The van der Waals surface area contributed by atoms with E-state index >= 15 is 0 Å². The fourth-order valence-electron chi connectivity index (χ4n) is 2.46. The van der Waals surface area contributed by atoms with E-state index in [2.05, 4.69) is 15.0 Å². The van der Waals surface area contributed by atoms with Crippen molar-refractivity contribution >= 4 is 30.5 Å². The van der Waals surface area contributed by atoms with Crippen LogP contribution in [0.4, 0.5) is 5.95 Å². The number of aliphatic hydroxyl groups excluding tert-OH is 1. The second kappa shape index (κ2) is 9.09. The number of nitrogens with one attached hydrogen (secondary N) is 1. The number of aliphatic hydroxyl groups is 1. The van der Waals surface area contributed by atoms with Crippen LogP contribution in [0, 0.1) is 0 Å². The van der Waals surface area contributed by atoms with Gasteiger partial charge in [-0.25, -0.2) is 4.98 Å². The van der Waals surface area contributed by atoms with Crippen LogP contribution in [0.25, 0.3) is 11.2 Å². The predicted octanol–water partition coefficient (Wildman–Crippen LogP) is -0.785. The van der Waals surface area contributed by atoms with Crippen LogP contribution in [0.1, 0.15) is 12.8 Å². The number of ether oxygens (including phenoxy) is 1. The van der Waals surface area contributed by atoms with Crippen LogP contribution in [0.5, 0.6) is 0 Å². The highest BCUT2D eigenvalue weighted by atomic mass is 31.2.